The van der Waals surface area contributed by atoms with Gasteiger partial charge in [0, 0.05) is 17.9 Å². The van der Waals surface area contributed by atoms with Crippen LogP contribution in [0.4, 0.5) is 0 Å². The standard InChI is InChI=1S/C14H22N2/c1-11-9-14(12(2)15-10-11)13(3)16-7-5-4-6-8-16/h9-10,13H,4-8H2,1-3H3. The van der Waals surface area contributed by atoms with Crippen LogP contribution in [0.2, 0.25) is 0 Å². The highest BCUT2D eigenvalue weighted by atomic mass is 15.2. The number of rotatable bonds is 2. The molecule has 2 heterocycles. The summed E-state index contributed by atoms with van der Waals surface area (Å²) in [5.74, 6) is 0. The number of nitrogens with zero attached hydrogens (tertiary/aromatic N) is 2. The van der Waals surface area contributed by atoms with Crippen molar-refractivity contribution >= 4 is 0 Å². The molecular weight excluding hydrogens is 196 g/mol. The van der Waals surface area contributed by atoms with E-state index in [4.69, 9.17) is 0 Å². The van der Waals surface area contributed by atoms with Gasteiger partial charge in [0.25, 0.3) is 0 Å². The van der Waals surface area contributed by atoms with Crippen molar-refractivity contribution in [2.24, 2.45) is 0 Å². The maximum Gasteiger partial charge on any atom is 0.0420 e. The zero-order chi connectivity index (χ0) is 11.5. The second-order valence-electron chi connectivity index (χ2n) is 4.96. The molecule has 0 amide bonds. The molecule has 1 fully saturated rings. The van der Waals surface area contributed by atoms with Gasteiger partial charge in [-0.15, -0.1) is 0 Å². The number of pyridine rings is 1. The minimum Gasteiger partial charge on any atom is -0.297 e. The average Bonchev–Trinajstić information content (AvgIpc) is 2.32. The summed E-state index contributed by atoms with van der Waals surface area (Å²) in [4.78, 5) is 7.06. The molecule has 0 aliphatic carbocycles. The summed E-state index contributed by atoms with van der Waals surface area (Å²) in [7, 11) is 0. The smallest absolute Gasteiger partial charge is 0.0420 e. The van der Waals surface area contributed by atoms with E-state index in [-0.39, 0.29) is 0 Å². The average molecular weight is 218 g/mol. The molecule has 1 aliphatic heterocycles. The largest absolute Gasteiger partial charge is 0.297 e. The van der Waals surface area contributed by atoms with Gasteiger partial charge in [-0.2, -0.15) is 0 Å². The van der Waals surface area contributed by atoms with Crippen molar-refractivity contribution in [1.29, 1.82) is 0 Å². The topological polar surface area (TPSA) is 16.1 Å². The summed E-state index contributed by atoms with van der Waals surface area (Å²) in [6.07, 6.45) is 6.06. The van der Waals surface area contributed by atoms with Crippen molar-refractivity contribution in [2.45, 2.75) is 46.1 Å². The highest BCUT2D eigenvalue weighted by molar-refractivity contribution is 5.26. The molecule has 0 spiro atoms. The van der Waals surface area contributed by atoms with Gasteiger partial charge in [0.05, 0.1) is 0 Å². The predicted octanol–water partition coefficient (Wildman–Crippen LogP) is 3.25. The molecule has 0 saturated carbocycles. The van der Waals surface area contributed by atoms with Crippen molar-refractivity contribution in [3.05, 3.63) is 29.1 Å². The predicted molar refractivity (Wildman–Crippen MR) is 67.6 cm³/mol. The molecule has 1 saturated heterocycles. The minimum absolute atomic E-state index is 0.521. The summed E-state index contributed by atoms with van der Waals surface area (Å²) in [6.45, 7) is 9.05. The van der Waals surface area contributed by atoms with Gasteiger partial charge in [0.2, 0.25) is 0 Å². The van der Waals surface area contributed by atoms with E-state index in [0.717, 1.165) is 0 Å². The minimum atomic E-state index is 0.521. The molecule has 0 bridgehead atoms. The monoisotopic (exact) mass is 218 g/mol. The van der Waals surface area contributed by atoms with Crippen LogP contribution in [0, 0.1) is 13.8 Å². The van der Waals surface area contributed by atoms with Crippen LogP contribution in [0.1, 0.15) is 49.0 Å². The lowest BCUT2D eigenvalue weighted by atomic mass is 10.0. The van der Waals surface area contributed by atoms with E-state index in [1.807, 2.05) is 6.20 Å². The Morgan fingerprint density at radius 2 is 1.88 bits per heavy atom. The summed E-state index contributed by atoms with van der Waals surface area (Å²) < 4.78 is 0. The van der Waals surface area contributed by atoms with Crippen molar-refractivity contribution in [3.8, 4) is 0 Å². The van der Waals surface area contributed by atoms with Gasteiger partial charge in [0.1, 0.15) is 0 Å². The van der Waals surface area contributed by atoms with Gasteiger partial charge in [-0.05, 0) is 57.8 Å². The Labute approximate surface area is 98.7 Å². The molecule has 2 heteroatoms. The number of piperidine rings is 1. The highest BCUT2D eigenvalue weighted by Gasteiger charge is 2.19. The SMILES string of the molecule is Cc1cnc(C)c(C(C)N2CCCCC2)c1. The van der Waals surface area contributed by atoms with Crippen LogP contribution in [0.3, 0.4) is 0 Å². The second-order valence-corrected chi connectivity index (χ2v) is 4.96. The quantitative estimate of drug-likeness (QED) is 0.757. The third-order valence-electron chi connectivity index (χ3n) is 3.65. The Morgan fingerprint density at radius 3 is 2.56 bits per heavy atom. The normalized spacial score (nSPS) is 19.7. The fraction of sp³-hybridized carbons (Fsp3) is 0.643. The second kappa shape index (κ2) is 4.96. The molecule has 1 aromatic rings. The van der Waals surface area contributed by atoms with Crippen LogP contribution in [0.15, 0.2) is 12.3 Å². The van der Waals surface area contributed by atoms with Gasteiger partial charge in [-0.3, -0.25) is 9.88 Å². The molecule has 1 atom stereocenters. The molecule has 0 N–H and O–H groups in total. The zero-order valence-electron chi connectivity index (χ0n) is 10.7. The first-order valence-corrected chi connectivity index (χ1v) is 6.35. The zero-order valence-corrected chi connectivity index (χ0v) is 10.7. The van der Waals surface area contributed by atoms with E-state index in [1.54, 1.807) is 0 Å². The molecular formula is C14H22N2. The van der Waals surface area contributed by atoms with E-state index >= 15 is 0 Å². The van der Waals surface area contributed by atoms with Crippen molar-refractivity contribution < 1.29 is 0 Å². The first kappa shape index (κ1) is 11.6. The Bertz CT molecular complexity index is 354. The summed E-state index contributed by atoms with van der Waals surface area (Å²) in [6, 6.07) is 2.81. The fourth-order valence-electron chi connectivity index (χ4n) is 2.59. The molecule has 2 nitrogen and oxygen atoms in total. The van der Waals surface area contributed by atoms with Crippen LogP contribution in [0.25, 0.3) is 0 Å². The van der Waals surface area contributed by atoms with Gasteiger partial charge >= 0.3 is 0 Å². The first-order chi connectivity index (χ1) is 7.68. The van der Waals surface area contributed by atoms with E-state index in [1.165, 1.54) is 49.2 Å². The Balaban J connectivity index is 2.18. The third-order valence-corrected chi connectivity index (χ3v) is 3.65. The molecule has 1 unspecified atom stereocenters. The summed E-state index contributed by atoms with van der Waals surface area (Å²) >= 11 is 0. The highest BCUT2D eigenvalue weighted by Crippen LogP contribution is 2.26. The van der Waals surface area contributed by atoms with Gasteiger partial charge in [0.15, 0.2) is 0 Å². The van der Waals surface area contributed by atoms with Crippen molar-refractivity contribution in [2.75, 3.05) is 13.1 Å². The van der Waals surface area contributed by atoms with E-state index in [0.29, 0.717) is 6.04 Å². The molecule has 1 aromatic heterocycles. The van der Waals surface area contributed by atoms with Crippen molar-refractivity contribution in [1.82, 2.24) is 9.88 Å². The number of aromatic nitrogens is 1. The third kappa shape index (κ3) is 2.43. The lowest BCUT2D eigenvalue weighted by Gasteiger charge is -2.33. The van der Waals surface area contributed by atoms with Gasteiger partial charge < -0.3 is 0 Å². The van der Waals surface area contributed by atoms with Crippen LogP contribution in [-0.4, -0.2) is 23.0 Å². The van der Waals surface area contributed by atoms with Crippen molar-refractivity contribution in [3.63, 3.8) is 0 Å². The van der Waals surface area contributed by atoms with Crippen LogP contribution < -0.4 is 0 Å². The van der Waals surface area contributed by atoms with Gasteiger partial charge in [-0.25, -0.2) is 0 Å². The lowest BCUT2D eigenvalue weighted by Crippen LogP contribution is -2.32. The first-order valence-electron chi connectivity index (χ1n) is 6.35. The maximum absolute atomic E-state index is 4.47. The van der Waals surface area contributed by atoms with E-state index in [2.05, 4.69) is 36.7 Å². The van der Waals surface area contributed by atoms with E-state index in [9.17, 15) is 0 Å². The molecule has 2 rings (SSSR count). The lowest BCUT2D eigenvalue weighted by molar-refractivity contribution is 0.174. The maximum atomic E-state index is 4.47. The number of hydrogen-bond acceptors (Lipinski definition) is 2. The Morgan fingerprint density at radius 1 is 1.19 bits per heavy atom. The number of likely N-dealkylation sites (tertiary alicyclic amines) is 1. The number of aryl methyl sites for hydroxylation is 2. The summed E-state index contributed by atoms with van der Waals surface area (Å²) in [5.41, 5.74) is 3.86. The molecule has 88 valence electrons. The van der Waals surface area contributed by atoms with Crippen LogP contribution >= 0.6 is 0 Å². The number of hydrogen-bond donors (Lipinski definition) is 0. The Kier molecular flexibility index (Phi) is 3.59. The van der Waals surface area contributed by atoms with Crippen LogP contribution in [0.5, 0.6) is 0 Å². The van der Waals surface area contributed by atoms with Gasteiger partial charge in [-0.1, -0.05) is 12.5 Å². The Hall–Kier alpha value is -0.890. The molecule has 16 heavy (non-hydrogen) atoms. The van der Waals surface area contributed by atoms with Crippen LogP contribution in [-0.2, 0) is 0 Å². The molecule has 0 aromatic carbocycles. The molecule has 1 aliphatic rings. The van der Waals surface area contributed by atoms with E-state index < -0.39 is 0 Å². The fourth-order valence-corrected chi connectivity index (χ4v) is 2.59. The molecule has 0 radical (unpaired) electrons. The summed E-state index contributed by atoms with van der Waals surface area (Å²) in [5, 5.41) is 0.